The zero-order valence-electron chi connectivity index (χ0n) is 74.4. The van der Waals surface area contributed by atoms with Gasteiger partial charge in [0.15, 0.2) is 63.6 Å². The standard InChI is InChI=1S/C21H25FN2O3.C21H23FN2O3.C21H24N2O3.C20H23FN2O3.C20H21FN2O3/c2*1-13-2-5-21(18(22)6-13)27-17-7-14-10-24(11-15(14)8-17)12-20(26)19-4-3-16(25)9-23-19;1-14-3-2-4-18(7-14)26-19-8-15-11-23(12-16(15)9-19)13-21(25)20-6-5-17(24)10-22-20;2*21-17-3-1-2-4-20(17)26-16-7-13-10-23(11-14(13)8-16)12-19(25)18-6-5-15(24)9-22-18/h2-6,9,14-15,17,20,25-26H,7-8,10-12H2,1H3;2-6,9,14-15,17,25H,7-8,10-12H2,1H3;2-7,10,15-16,19,24H,8-9,11-13H2,1H3;1-6,9,13-14,16,19,24-25H,7-8,10-12H2;1-6,9,13-14,16,24H,7-8,10-12H2/t14-,15+,17?,20?;14-,15+,17?;15-,16+,19?;13-,14+,16?,19?;13-,14+,16?. The highest BCUT2D eigenvalue weighted by atomic mass is 19.1. The van der Waals surface area contributed by atoms with E-state index in [2.05, 4.69) is 68.5 Å². The summed E-state index contributed by atoms with van der Waals surface area (Å²) in [5.41, 5.74) is 5.30. The minimum atomic E-state index is -0.668. The maximum absolute atomic E-state index is 14.0. The van der Waals surface area contributed by atoms with Crippen molar-refractivity contribution in [2.45, 2.75) is 128 Å². The Morgan fingerprint density at radius 3 is 0.856 bits per heavy atom. The molecule has 17 atom stereocenters. The molecular formula is C103H116F4N10O15. The first-order chi connectivity index (χ1) is 63.7. The average Bonchev–Trinajstić information content (AvgIpc) is 1.68. The Balaban J connectivity index is 0.000000120. The number of pyridine rings is 5. The number of likely N-dealkylation sites (tertiary alicyclic amines) is 5. The van der Waals surface area contributed by atoms with Crippen LogP contribution in [-0.2, 0) is 0 Å². The van der Waals surface area contributed by atoms with E-state index in [0.717, 1.165) is 147 Å². The maximum Gasteiger partial charge on any atom is 0.195 e. The summed E-state index contributed by atoms with van der Waals surface area (Å²) in [7, 11) is 0. The van der Waals surface area contributed by atoms with Crippen LogP contribution in [0.2, 0.25) is 0 Å². The smallest absolute Gasteiger partial charge is 0.195 e. The SMILES string of the molecule is Cc1ccc(OC2C[C@@H]3CN(CC(=O)c4ccc(O)cn4)C[C@@H]3C2)c(F)c1.Cc1ccc(OC2C[C@@H]3CN(CC(O)c4ccc(O)cn4)C[C@@H]3C2)c(F)c1.Cc1cccc(OC2C[C@@H]3CN(CC(=O)c4ccc(O)cn4)C[C@@H]3C2)c1.O=C(CN1C[C@H]2CC(Oc3ccccc3F)C[C@H]2C1)c1ccc(O)cn1.Oc1ccc(C(O)CN2C[C@H]3CC(Oc4ccccc4F)C[C@H]3C2)nc1. The van der Waals surface area contributed by atoms with Crippen molar-refractivity contribution in [3.8, 4) is 57.5 Å². The van der Waals surface area contributed by atoms with Crippen LogP contribution in [0.4, 0.5) is 17.6 Å². The number of aromatic nitrogens is 5. The largest absolute Gasteiger partial charge is 0.506 e. The topological polar surface area (TPSA) is 320 Å². The number of hydrogen-bond donors (Lipinski definition) is 7. The molecule has 0 spiro atoms. The summed E-state index contributed by atoms with van der Waals surface area (Å²) in [6.45, 7) is 16.9. The fourth-order valence-corrected chi connectivity index (χ4v) is 21.3. The number of nitrogens with zero attached hydrogens (tertiary/aromatic N) is 10. The van der Waals surface area contributed by atoms with Crippen molar-refractivity contribution < 1.29 is 91.4 Å². The lowest BCUT2D eigenvalue weighted by Crippen LogP contribution is -2.30. The van der Waals surface area contributed by atoms with Crippen molar-refractivity contribution in [1.82, 2.24) is 49.4 Å². The first-order valence-electron chi connectivity index (χ1n) is 45.9. The third-order valence-electron chi connectivity index (χ3n) is 27.5. The number of carbonyl (C=O) groups excluding carboxylic acids is 3. The zero-order chi connectivity index (χ0) is 92.2. The van der Waals surface area contributed by atoms with E-state index in [9.17, 15) is 67.7 Å². The van der Waals surface area contributed by atoms with E-state index in [1.54, 1.807) is 78.9 Å². The number of ketones is 3. The molecule has 7 unspecified atom stereocenters. The van der Waals surface area contributed by atoms with Crippen molar-refractivity contribution in [2.75, 3.05) is 98.2 Å². The zero-order valence-corrected chi connectivity index (χ0v) is 74.4. The minimum Gasteiger partial charge on any atom is -0.506 e. The molecule has 0 radical (unpaired) electrons. The molecule has 10 fully saturated rings. The molecule has 0 amide bonds. The Morgan fingerprint density at radius 1 is 0.311 bits per heavy atom. The first kappa shape index (κ1) is 93.5. The summed E-state index contributed by atoms with van der Waals surface area (Å²) < 4.78 is 85.2. The van der Waals surface area contributed by atoms with Gasteiger partial charge in [0.2, 0.25) is 0 Å². The summed E-state index contributed by atoms with van der Waals surface area (Å²) in [4.78, 5) is 68.2. The summed E-state index contributed by atoms with van der Waals surface area (Å²) >= 11 is 0. The molecule has 7 N–H and O–H groups in total. The van der Waals surface area contributed by atoms with Crippen LogP contribution < -0.4 is 23.7 Å². The van der Waals surface area contributed by atoms with Gasteiger partial charge in [-0.05, 0) is 282 Å². The number of aryl methyl sites for hydroxylation is 3. The van der Waals surface area contributed by atoms with E-state index in [-0.39, 0.29) is 99.9 Å². The van der Waals surface area contributed by atoms with Gasteiger partial charge in [-0.15, -0.1) is 0 Å². The van der Waals surface area contributed by atoms with Gasteiger partial charge in [-0.25, -0.2) is 32.5 Å². The van der Waals surface area contributed by atoms with E-state index in [1.807, 2.05) is 38.1 Å². The maximum atomic E-state index is 14.0. The number of β-amino-alcohol motifs (C(OH)–C–C–N with tert-alkyl or cyclic N) is 2. The molecule has 10 aromatic rings. The number of benzene rings is 5. The fraction of sp³-hybridized carbons (Fsp3) is 0.437. The molecule has 5 aliphatic carbocycles. The second-order valence-electron chi connectivity index (χ2n) is 37.6. The van der Waals surface area contributed by atoms with E-state index in [1.165, 1.54) is 91.1 Å². The number of hydrogen-bond acceptors (Lipinski definition) is 25. The Bertz CT molecular complexity index is 5480. The van der Waals surface area contributed by atoms with Gasteiger partial charge in [-0.2, -0.15) is 0 Å². The second-order valence-corrected chi connectivity index (χ2v) is 37.6. The summed E-state index contributed by atoms with van der Waals surface area (Å²) in [5, 5.41) is 67.1. The Kier molecular flexibility index (Phi) is 30.4. The van der Waals surface area contributed by atoms with Crippen LogP contribution in [0.5, 0.6) is 57.5 Å². The van der Waals surface area contributed by atoms with Crippen LogP contribution in [-0.4, -0.2) is 231 Å². The Labute approximate surface area is 766 Å². The lowest BCUT2D eigenvalue weighted by Gasteiger charge is -2.22. The van der Waals surface area contributed by atoms with E-state index in [0.29, 0.717) is 143 Å². The molecule has 5 aromatic carbocycles. The van der Waals surface area contributed by atoms with Crippen molar-refractivity contribution in [3.05, 3.63) is 269 Å². The van der Waals surface area contributed by atoms with Gasteiger partial charge in [0.05, 0.1) is 92.5 Å². The highest BCUT2D eigenvalue weighted by molar-refractivity contribution is 5.97. The molecule has 10 heterocycles. The predicted molar refractivity (Wildman–Crippen MR) is 484 cm³/mol. The molecule has 5 aromatic heterocycles. The monoisotopic (exact) mass is 1810 g/mol. The van der Waals surface area contributed by atoms with Gasteiger partial charge in [0.1, 0.15) is 63.8 Å². The number of ether oxygens (including phenoxy) is 5. The lowest BCUT2D eigenvalue weighted by molar-refractivity contribution is 0.0923. The number of Topliss-reactive ketones (excluding diaryl/α,β-unsaturated/α-hetero) is 3. The quantitative estimate of drug-likeness (QED) is 0.0206. The summed E-state index contributed by atoms with van der Waals surface area (Å²) in [6, 6.07) is 46.9. The molecule has 696 valence electrons. The van der Waals surface area contributed by atoms with Crippen LogP contribution in [0.15, 0.2) is 201 Å². The van der Waals surface area contributed by atoms with Gasteiger partial charge in [-0.3, -0.25) is 48.9 Å². The molecule has 10 aliphatic rings. The van der Waals surface area contributed by atoms with Crippen LogP contribution in [0, 0.1) is 103 Å². The van der Waals surface area contributed by atoms with Crippen LogP contribution in [0.3, 0.4) is 0 Å². The normalized spacial score (nSPS) is 25.6. The fourth-order valence-electron chi connectivity index (χ4n) is 21.3. The van der Waals surface area contributed by atoms with E-state index >= 15 is 0 Å². The molecule has 5 saturated heterocycles. The highest BCUT2D eigenvalue weighted by Crippen LogP contribution is 2.46. The van der Waals surface area contributed by atoms with Gasteiger partial charge in [0, 0.05) is 78.5 Å². The molecule has 0 bridgehead atoms. The average molecular weight is 1810 g/mol. The van der Waals surface area contributed by atoms with Crippen LogP contribution in [0.25, 0.3) is 0 Å². The van der Waals surface area contributed by atoms with Crippen molar-refractivity contribution in [2.24, 2.45) is 59.2 Å². The first-order valence-corrected chi connectivity index (χ1v) is 45.9. The predicted octanol–water partition coefficient (Wildman–Crippen LogP) is 15.0. The molecule has 25 nitrogen and oxygen atoms in total. The Hall–Kier alpha value is -11.7. The molecule has 5 saturated carbocycles. The number of carbonyl (C=O) groups is 3. The number of rotatable bonds is 25. The van der Waals surface area contributed by atoms with Crippen LogP contribution >= 0.6 is 0 Å². The van der Waals surface area contributed by atoms with E-state index < -0.39 is 12.2 Å². The second kappa shape index (κ2) is 42.9. The lowest BCUT2D eigenvalue weighted by atomic mass is 10.0. The van der Waals surface area contributed by atoms with Crippen molar-refractivity contribution in [1.29, 1.82) is 0 Å². The van der Waals surface area contributed by atoms with Gasteiger partial charge < -0.3 is 59.4 Å². The number of fused-ring (bicyclic) bond motifs is 5. The molecule has 20 rings (SSSR count). The molecule has 29 heteroatoms. The molecular weight excluding hydrogens is 1690 g/mol. The number of aromatic hydroxyl groups is 5. The molecule has 132 heavy (non-hydrogen) atoms. The summed E-state index contributed by atoms with van der Waals surface area (Å²) in [5.74, 6) is 6.57. The van der Waals surface area contributed by atoms with Crippen molar-refractivity contribution in [3.63, 3.8) is 0 Å². The minimum absolute atomic E-state index is 0.0116. The molecule has 5 aliphatic heterocycles. The number of halogens is 4. The van der Waals surface area contributed by atoms with Gasteiger partial charge >= 0.3 is 0 Å². The summed E-state index contributed by atoms with van der Waals surface area (Å²) in [6.07, 6.45) is 15.1. The van der Waals surface area contributed by atoms with Crippen molar-refractivity contribution >= 4 is 17.3 Å². The number of aliphatic hydroxyl groups excluding tert-OH is 2. The number of para-hydroxylation sites is 2. The Morgan fingerprint density at radius 2 is 0.583 bits per heavy atom. The van der Waals surface area contributed by atoms with Crippen LogP contribution in [0.1, 0.15) is 136 Å². The van der Waals surface area contributed by atoms with Gasteiger partial charge in [-0.1, -0.05) is 48.5 Å². The third-order valence-corrected chi connectivity index (χ3v) is 27.5. The number of aliphatic hydroxyl groups is 2. The van der Waals surface area contributed by atoms with Gasteiger partial charge in [0.25, 0.3) is 0 Å². The van der Waals surface area contributed by atoms with E-state index in [4.69, 9.17) is 23.7 Å². The highest BCUT2D eigenvalue weighted by Gasteiger charge is 2.48. The third kappa shape index (κ3) is 24.8.